The standard InChI is InChI=1S/C11H19NO2/c1-3-10(13)11(2,14)9-12-7-5-4-6-8-12/h3,14H,1,4-9H2,2H3. The van der Waals surface area contributed by atoms with Crippen LogP contribution in [0.4, 0.5) is 0 Å². The van der Waals surface area contributed by atoms with Gasteiger partial charge in [0.05, 0.1) is 0 Å². The summed E-state index contributed by atoms with van der Waals surface area (Å²) in [6.45, 7) is 7.35. The van der Waals surface area contributed by atoms with Crippen molar-refractivity contribution in [3.63, 3.8) is 0 Å². The number of β-amino-alcohol motifs (C(OH)–C–C–N with tert-alkyl or cyclic N) is 1. The zero-order valence-electron chi connectivity index (χ0n) is 8.83. The van der Waals surface area contributed by atoms with Gasteiger partial charge >= 0.3 is 0 Å². The first-order valence-electron chi connectivity index (χ1n) is 5.18. The first-order valence-corrected chi connectivity index (χ1v) is 5.18. The minimum Gasteiger partial charge on any atom is -0.381 e. The summed E-state index contributed by atoms with van der Waals surface area (Å²) in [5.74, 6) is -0.289. The number of piperidine rings is 1. The van der Waals surface area contributed by atoms with Crippen molar-refractivity contribution < 1.29 is 9.90 Å². The molecule has 3 heteroatoms. The van der Waals surface area contributed by atoms with E-state index in [1.165, 1.54) is 25.3 Å². The van der Waals surface area contributed by atoms with Crippen molar-refractivity contribution in [2.75, 3.05) is 19.6 Å². The summed E-state index contributed by atoms with van der Waals surface area (Å²) in [6, 6.07) is 0. The summed E-state index contributed by atoms with van der Waals surface area (Å²) in [6.07, 6.45) is 4.79. The fourth-order valence-electron chi connectivity index (χ4n) is 1.85. The third-order valence-corrected chi connectivity index (χ3v) is 2.70. The molecule has 1 saturated heterocycles. The van der Waals surface area contributed by atoms with Crippen LogP contribution in [0.15, 0.2) is 12.7 Å². The first-order chi connectivity index (χ1) is 6.56. The molecule has 1 N–H and O–H groups in total. The van der Waals surface area contributed by atoms with E-state index in [0.29, 0.717) is 6.54 Å². The predicted molar refractivity (Wildman–Crippen MR) is 56.1 cm³/mol. The highest BCUT2D eigenvalue weighted by molar-refractivity contribution is 5.96. The van der Waals surface area contributed by atoms with E-state index in [0.717, 1.165) is 13.1 Å². The summed E-state index contributed by atoms with van der Waals surface area (Å²) in [4.78, 5) is 13.5. The van der Waals surface area contributed by atoms with Gasteiger partial charge in [-0.05, 0) is 38.9 Å². The number of rotatable bonds is 4. The zero-order chi connectivity index (χ0) is 10.6. The Labute approximate surface area is 85.4 Å². The van der Waals surface area contributed by atoms with Crippen LogP contribution in [0.25, 0.3) is 0 Å². The fourth-order valence-corrected chi connectivity index (χ4v) is 1.85. The maximum Gasteiger partial charge on any atom is 0.187 e. The fraction of sp³-hybridized carbons (Fsp3) is 0.727. The Morgan fingerprint density at radius 3 is 2.57 bits per heavy atom. The molecule has 0 radical (unpaired) electrons. The molecule has 80 valence electrons. The SMILES string of the molecule is C=CC(=O)C(C)(O)CN1CCCCC1. The Morgan fingerprint density at radius 2 is 2.07 bits per heavy atom. The Kier molecular flexibility index (Phi) is 3.84. The van der Waals surface area contributed by atoms with E-state index in [9.17, 15) is 9.90 Å². The monoisotopic (exact) mass is 197 g/mol. The molecule has 1 aliphatic heterocycles. The van der Waals surface area contributed by atoms with Crippen LogP contribution >= 0.6 is 0 Å². The molecule has 1 heterocycles. The molecule has 0 bridgehead atoms. The van der Waals surface area contributed by atoms with Crippen molar-refractivity contribution in [1.29, 1.82) is 0 Å². The molecule has 3 nitrogen and oxygen atoms in total. The highest BCUT2D eigenvalue weighted by atomic mass is 16.3. The van der Waals surface area contributed by atoms with Crippen LogP contribution in [0.2, 0.25) is 0 Å². The third-order valence-electron chi connectivity index (χ3n) is 2.70. The van der Waals surface area contributed by atoms with Gasteiger partial charge in [-0.15, -0.1) is 0 Å². The van der Waals surface area contributed by atoms with Crippen LogP contribution in [-0.4, -0.2) is 41.0 Å². The molecule has 1 aliphatic rings. The van der Waals surface area contributed by atoms with Gasteiger partial charge in [0.15, 0.2) is 5.78 Å². The van der Waals surface area contributed by atoms with Gasteiger partial charge in [-0.3, -0.25) is 4.79 Å². The second kappa shape index (κ2) is 4.71. The van der Waals surface area contributed by atoms with Crippen LogP contribution in [0.5, 0.6) is 0 Å². The number of aliphatic hydroxyl groups is 1. The van der Waals surface area contributed by atoms with E-state index in [-0.39, 0.29) is 5.78 Å². The van der Waals surface area contributed by atoms with Gasteiger partial charge in [-0.25, -0.2) is 0 Å². The molecule has 0 aliphatic carbocycles. The Morgan fingerprint density at radius 1 is 1.50 bits per heavy atom. The van der Waals surface area contributed by atoms with Gasteiger partial charge in [0.25, 0.3) is 0 Å². The van der Waals surface area contributed by atoms with E-state index in [1.807, 2.05) is 0 Å². The molecule has 14 heavy (non-hydrogen) atoms. The van der Waals surface area contributed by atoms with Gasteiger partial charge in [0.2, 0.25) is 0 Å². The number of hydrogen-bond acceptors (Lipinski definition) is 3. The van der Waals surface area contributed by atoms with E-state index < -0.39 is 5.60 Å². The van der Waals surface area contributed by atoms with Crippen LogP contribution in [0.3, 0.4) is 0 Å². The zero-order valence-corrected chi connectivity index (χ0v) is 8.83. The lowest BCUT2D eigenvalue weighted by molar-refractivity contribution is -0.132. The number of ketones is 1. The van der Waals surface area contributed by atoms with Crippen molar-refractivity contribution in [2.45, 2.75) is 31.8 Å². The maximum atomic E-state index is 11.3. The summed E-state index contributed by atoms with van der Waals surface area (Å²) in [5.41, 5.74) is -1.26. The van der Waals surface area contributed by atoms with Gasteiger partial charge in [-0.1, -0.05) is 13.0 Å². The minimum absolute atomic E-state index is 0.289. The largest absolute Gasteiger partial charge is 0.381 e. The summed E-state index contributed by atoms with van der Waals surface area (Å²) < 4.78 is 0. The van der Waals surface area contributed by atoms with Crippen LogP contribution < -0.4 is 0 Å². The molecule has 0 aromatic rings. The average Bonchev–Trinajstić information content (AvgIpc) is 2.17. The molecule has 0 saturated carbocycles. The molecule has 0 amide bonds. The molecular formula is C11H19NO2. The normalized spacial score (nSPS) is 22.7. The molecule has 0 spiro atoms. The van der Waals surface area contributed by atoms with E-state index in [2.05, 4.69) is 11.5 Å². The lowest BCUT2D eigenvalue weighted by Gasteiger charge is -2.32. The summed E-state index contributed by atoms with van der Waals surface area (Å²) >= 11 is 0. The first kappa shape index (κ1) is 11.4. The van der Waals surface area contributed by atoms with E-state index in [1.54, 1.807) is 6.92 Å². The van der Waals surface area contributed by atoms with Gasteiger partial charge in [0.1, 0.15) is 5.60 Å². The van der Waals surface area contributed by atoms with Crippen LogP contribution in [0.1, 0.15) is 26.2 Å². The molecule has 1 atom stereocenters. The molecule has 0 aromatic carbocycles. The lowest BCUT2D eigenvalue weighted by Crippen LogP contribution is -2.47. The second-order valence-corrected chi connectivity index (χ2v) is 4.18. The highest BCUT2D eigenvalue weighted by Crippen LogP contribution is 2.14. The van der Waals surface area contributed by atoms with Gasteiger partial charge in [0, 0.05) is 6.54 Å². The number of carbonyl (C=O) groups is 1. The number of nitrogens with zero attached hydrogens (tertiary/aromatic N) is 1. The Hall–Kier alpha value is -0.670. The van der Waals surface area contributed by atoms with Gasteiger partial charge in [-0.2, -0.15) is 0 Å². The Bertz CT molecular complexity index is 217. The Balaban J connectivity index is 2.48. The topological polar surface area (TPSA) is 40.5 Å². The predicted octanol–water partition coefficient (Wildman–Crippen LogP) is 0.978. The van der Waals surface area contributed by atoms with Crippen molar-refractivity contribution in [3.05, 3.63) is 12.7 Å². The van der Waals surface area contributed by atoms with E-state index >= 15 is 0 Å². The smallest absolute Gasteiger partial charge is 0.187 e. The van der Waals surface area contributed by atoms with Crippen molar-refractivity contribution in [1.82, 2.24) is 4.90 Å². The van der Waals surface area contributed by atoms with Crippen LogP contribution in [0, 0.1) is 0 Å². The van der Waals surface area contributed by atoms with Crippen molar-refractivity contribution in [2.24, 2.45) is 0 Å². The quantitative estimate of drug-likeness (QED) is 0.683. The second-order valence-electron chi connectivity index (χ2n) is 4.18. The molecule has 1 rings (SSSR count). The third kappa shape index (κ3) is 2.93. The number of hydrogen-bond donors (Lipinski definition) is 1. The van der Waals surface area contributed by atoms with Gasteiger partial charge < -0.3 is 10.0 Å². The highest BCUT2D eigenvalue weighted by Gasteiger charge is 2.30. The van der Waals surface area contributed by atoms with E-state index in [4.69, 9.17) is 0 Å². The van der Waals surface area contributed by atoms with Crippen molar-refractivity contribution in [3.8, 4) is 0 Å². The van der Waals surface area contributed by atoms with Crippen molar-refractivity contribution >= 4 is 5.78 Å². The molecule has 0 aromatic heterocycles. The average molecular weight is 197 g/mol. The minimum atomic E-state index is -1.26. The molecule has 1 fully saturated rings. The summed E-state index contributed by atoms with van der Waals surface area (Å²) in [7, 11) is 0. The molecule has 1 unspecified atom stereocenters. The molecular weight excluding hydrogens is 178 g/mol. The number of carbonyl (C=O) groups excluding carboxylic acids is 1. The summed E-state index contributed by atoms with van der Waals surface area (Å²) in [5, 5.41) is 9.87. The number of likely N-dealkylation sites (tertiary alicyclic amines) is 1. The van der Waals surface area contributed by atoms with Crippen LogP contribution in [-0.2, 0) is 4.79 Å². The maximum absolute atomic E-state index is 11.3. The lowest BCUT2D eigenvalue weighted by atomic mass is 9.99.